The van der Waals surface area contributed by atoms with Crippen molar-refractivity contribution in [1.29, 1.82) is 0 Å². The Hall–Kier alpha value is -1.82. The Morgan fingerprint density at radius 2 is 2.00 bits per heavy atom. The second-order valence-corrected chi connectivity index (χ2v) is 5.96. The van der Waals surface area contributed by atoms with Crippen molar-refractivity contribution in [2.45, 2.75) is 23.7 Å². The number of hydrogen-bond donors (Lipinski definition) is 0. The first-order chi connectivity index (χ1) is 10.3. The van der Waals surface area contributed by atoms with Crippen molar-refractivity contribution in [3.8, 4) is 0 Å². The summed E-state index contributed by atoms with van der Waals surface area (Å²) in [5.74, 6) is 1.16. The summed E-state index contributed by atoms with van der Waals surface area (Å²) in [6.07, 6.45) is 5.15. The summed E-state index contributed by atoms with van der Waals surface area (Å²) in [6.45, 7) is 1.48. The van der Waals surface area contributed by atoms with E-state index in [9.17, 15) is 4.79 Å². The van der Waals surface area contributed by atoms with Crippen molar-refractivity contribution in [1.82, 2.24) is 15.0 Å². The molecule has 0 unspecified atom stereocenters. The van der Waals surface area contributed by atoms with E-state index in [0.29, 0.717) is 5.92 Å². The first kappa shape index (κ1) is 14.1. The Bertz CT molecular complexity index is 590. The van der Waals surface area contributed by atoms with E-state index in [1.54, 1.807) is 11.8 Å². The Morgan fingerprint density at radius 3 is 2.57 bits per heavy atom. The van der Waals surface area contributed by atoms with Gasteiger partial charge in [-0.1, -0.05) is 5.16 Å². The fourth-order valence-corrected chi connectivity index (χ4v) is 3.02. The molecule has 2 aromatic rings. The number of benzene rings is 1. The van der Waals surface area contributed by atoms with Crippen LogP contribution < -0.4 is 0 Å². The van der Waals surface area contributed by atoms with Crippen molar-refractivity contribution >= 4 is 17.7 Å². The van der Waals surface area contributed by atoms with Gasteiger partial charge in [-0.15, -0.1) is 11.8 Å². The highest BCUT2D eigenvalue weighted by molar-refractivity contribution is 7.98. The van der Waals surface area contributed by atoms with Gasteiger partial charge in [-0.05, 0) is 43.4 Å². The highest BCUT2D eigenvalue weighted by Crippen LogP contribution is 2.26. The molecule has 0 N–H and O–H groups in total. The number of carbonyl (C=O) groups is 1. The fourth-order valence-electron chi connectivity index (χ4n) is 2.62. The van der Waals surface area contributed by atoms with E-state index >= 15 is 0 Å². The minimum atomic E-state index is 0.106. The van der Waals surface area contributed by atoms with Gasteiger partial charge >= 0.3 is 0 Å². The van der Waals surface area contributed by atoms with Crippen LogP contribution in [0.3, 0.4) is 0 Å². The minimum absolute atomic E-state index is 0.106. The van der Waals surface area contributed by atoms with Crippen molar-refractivity contribution in [3.63, 3.8) is 0 Å². The van der Waals surface area contributed by atoms with Gasteiger partial charge in [0.2, 0.25) is 6.39 Å². The first-order valence-corrected chi connectivity index (χ1v) is 8.20. The summed E-state index contributed by atoms with van der Waals surface area (Å²) < 4.78 is 4.79. The number of hydrogen-bond acceptors (Lipinski definition) is 5. The average molecular weight is 303 g/mol. The largest absolute Gasteiger partial charge is 0.343 e. The van der Waals surface area contributed by atoms with Crippen LogP contribution in [-0.4, -0.2) is 40.3 Å². The summed E-state index contributed by atoms with van der Waals surface area (Å²) in [4.78, 5) is 19.6. The van der Waals surface area contributed by atoms with Crippen molar-refractivity contribution in [2.75, 3.05) is 19.3 Å². The number of carbonyl (C=O) groups excluding carboxylic acids is 1. The molecule has 0 spiro atoms. The van der Waals surface area contributed by atoms with E-state index < -0.39 is 0 Å². The van der Waals surface area contributed by atoms with Gasteiger partial charge in [-0.2, -0.15) is 4.98 Å². The molecule has 6 heteroatoms. The third-order valence-electron chi connectivity index (χ3n) is 3.86. The van der Waals surface area contributed by atoms with Gasteiger partial charge in [-0.25, -0.2) is 0 Å². The van der Waals surface area contributed by atoms with Crippen LogP contribution in [0.2, 0.25) is 0 Å². The van der Waals surface area contributed by atoms with Crippen LogP contribution in [0.25, 0.3) is 0 Å². The third kappa shape index (κ3) is 3.10. The Kier molecular flexibility index (Phi) is 4.24. The van der Waals surface area contributed by atoms with Crippen LogP contribution in [0.1, 0.15) is 34.9 Å². The molecule has 0 saturated carbocycles. The van der Waals surface area contributed by atoms with Gasteiger partial charge in [0.25, 0.3) is 5.91 Å². The lowest BCUT2D eigenvalue weighted by Gasteiger charge is -2.30. The van der Waals surface area contributed by atoms with E-state index in [-0.39, 0.29) is 5.91 Å². The smallest absolute Gasteiger partial charge is 0.253 e. The molecule has 1 aliphatic heterocycles. The fraction of sp³-hybridized carbons (Fsp3) is 0.400. The molecule has 3 rings (SSSR count). The SMILES string of the molecule is CSc1ccc(C(=O)N2CCC(c3ncon3)CC2)cc1. The maximum Gasteiger partial charge on any atom is 0.253 e. The second-order valence-electron chi connectivity index (χ2n) is 5.08. The molecule has 1 fully saturated rings. The lowest BCUT2D eigenvalue weighted by molar-refractivity contribution is 0.0710. The second kappa shape index (κ2) is 6.30. The molecule has 1 aromatic heterocycles. The highest BCUT2D eigenvalue weighted by atomic mass is 32.2. The van der Waals surface area contributed by atoms with Crippen LogP contribution in [0, 0.1) is 0 Å². The molecule has 5 nitrogen and oxygen atoms in total. The topological polar surface area (TPSA) is 59.2 Å². The molecule has 0 aliphatic carbocycles. The molecular formula is C15H17N3O2S. The number of piperidine rings is 1. The van der Waals surface area contributed by atoms with Gasteiger partial charge < -0.3 is 9.42 Å². The summed E-state index contributed by atoms with van der Waals surface area (Å²) in [7, 11) is 0. The highest BCUT2D eigenvalue weighted by Gasteiger charge is 2.26. The van der Waals surface area contributed by atoms with E-state index in [4.69, 9.17) is 4.52 Å². The lowest BCUT2D eigenvalue weighted by atomic mass is 9.95. The number of rotatable bonds is 3. The molecule has 0 atom stereocenters. The maximum absolute atomic E-state index is 12.5. The lowest BCUT2D eigenvalue weighted by Crippen LogP contribution is -2.38. The summed E-state index contributed by atoms with van der Waals surface area (Å²) in [5.41, 5.74) is 0.755. The van der Waals surface area contributed by atoms with Crippen LogP contribution >= 0.6 is 11.8 Å². The molecular weight excluding hydrogens is 286 g/mol. The molecule has 1 saturated heterocycles. The molecule has 2 heterocycles. The Morgan fingerprint density at radius 1 is 1.29 bits per heavy atom. The predicted octanol–water partition coefficient (Wildman–Crippen LogP) is 2.81. The molecule has 0 bridgehead atoms. The standard InChI is InChI=1S/C15H17N3O2S/c1-21-13-4-2-12(3-5-13)15(19)18-8-6-11(7-9-18)14-16-10-20-17-14/h2-5,10-11H,6-9H2,1H3. The Balaban J connectivity index is 1.62. The van der Waals surface area contributed by atoms with Crippen LogP contribution in [-0.2, 0) is 0 Å². The molecule has 0 radical (unpaired) electrons. The van der Waals surface area contributed by atoms with Crippen LogP contribution in [0.5, 0.6) is 0 Å². The van der Waals surface area contributed by atoms with Crippen molar-refractivity contribution in [3.05, 3.63) is 42.0 Å². The van der Waals surface area contributed by atoms with E-state index in [0.717, 1.165) is 37.3 Å². The summed E-state index contributed by atoms with van der Waals surface area (Å²) in [6, 6.07) is 7.78. The van der Waals surface area contributed by atoms with Gasteiger partial charge in [0, 0.05) is 29.5 Å². The quantitative estimate of drug-likeness (QED) is 0.816. The first-order valence-electron chi connectivity index (χ1n) is 6.97. The van der Waals surface area contributed by atoms with E-state index in [2.05, 4.69) is 10.1 Å². The minimum Gasteiger partial charge on any atom is -0.343 e. The van der Waals surface area contributed by atoms with E-state index in [1.165, 1.54) is 11.3 Å². The van der Waals surface area contributed by atoms with Gasteiger partial charge in [0.05, 0.1) is 0 Å². The van der Waals surface area contributed by atoms with E-state index in [1.807, 2.05) is 35.4 Å². The number of thioether (sulfide) groups is 1. The van der Waals surface area contributed by atoms with Crippen LogP contribution in [0.4, 0.5) is 0 Å². The van der Waals surface area contributed by atoms with Gasteiger partial charge in [0.15, 0.2) is 5.82 Å². The maximum atomic E-state index is 12.5. The number of amides is 1. The van der Waals surface area contributed by atoms with Gasteiger partial charge in [-0.3, -0.25) is 4.79 Å². The number of nitrogens with zero attached hydrogens (tertiary/aromatic N) is 3. The summed E-state index contributed by atoms with van der Waals surface area (Å²) in [5, 5.41) is 3.90. The van der Waals surface area contributed by atoms with Crippen molar-refractivity contribution < 1.29 is 9.32 Å². The predicted molar refractivity (Wildman–Crippen MR) is 80.4 cm³/mol. The number of likely N-dealkylation sites (tertiary alicyclic amines) is 1. The number of aromatic nitrogens is 2. The monoisotopic (exact) mass is 303 g/mol. The zero-order valence-electron chi connectivity index (χ0n) is 11.9. The van der Waals surface area contributed by atoms with Crippen LogP contribution in [0.15, 0.2) is 40.1 Å². The molecule has 110 valence electrons. The molecule has 1 amide bonds. The zero-order chi connectivity index (χ0) is 14.7. The molecule has 1 aliphatic rings. The third-order valence-corrected chi connectivity index (χ3v) is 4.61. The molecule has 1 aromatic carbocycles. The van der Waals surface area contributed by atoms with Gasteiger partial charge in [0.1, 0.15) is 0 Å². The van der Waals surface area contributed by atoms with Crippen molar-refractivity contribution in [2.24, 2.45) is 0 Å². The average Bonchev–Trinajstić information content (AvgIpc) is 3.09. The Labute approximate surface area is 127 Å². The zero-order valence-corrected chi connectivity index (χ0v) is 12.7. The molecule has 21 heavy (non-hydrogen) atoms. The summed E-state index contributed by atoms with van der Waals surface area (Å²) >= 11 is 1.68. The normalized spacial score (nSPS) is 16.1.